The van der Waals surface area contributed by atoms with Crippen molar-refractivity contribution >= 4 is 40.7 Å². The molecule has 9 nitrogen and oxygen atoms in total. The van der Waals surface area contributed by atoms with Crippen LogP contribution in [0.3, 0.4) is 0 Å². The molecule has 0 aliphatic heterocycles. The van der Waals surface area contributed by atoms with Crippen molar-refractivity contribution in [3.8, 4) is 5.75 Å². The molecule has 0 aliphatic rings. The maximum absolute atomic E-state index is 12.4. The second kappa shape index (κ2) is 13.7. The molecule has 0 fully saturated rings. The molecule has 192 valence electrons. The van der Waals surface area contributed by atoms with Gasteiger partial charge in [0.05, 0.1) is 6.61 Å². The summed E-state index contributed by atoms with van der Waals surface area (Å²) < 4.78 is 10.7. The first kappa shape index (κ1) is 27.3. The second-order valence-corrected chi connectivity index (χ2v) is 8.19. The van der Waals surface area contributed by atoms with Crippen molar-refractivity contribution < 1.29 is 23.9 Å². The van der Waals surface area contributed by atoms with Crippen LogP contribution in [0.2, 0.25) is 0 Å². The molecule has 0 aromatic heterocycles. The number of hydrogen-bond donors (Lipinski definition) is 4. The quantitative estimate of drug-likeness (QED) is 0.193. The number of amides is 3. The summed E-state index contributed by atoms with van der Waals surface area (Å²) in [5, 5.41) is 5.22. The number of carbonyl (C=O) groups excluding carboxylic acids is 3. The van der Waals surface area contributed by atoms with Gasteiger partial charge in [0.2, 0.25) is 0 Å². The molecule has 0 atom stereocenters. The van der Waals surface area contributed by atoms with E-state index >= 15 is 0 Å². The topological polar surface area (TPSA) is 118 Å². The van der Waals surface area contributed by atoms with Gasteiger partial charge in [0.15, 0.2) is 5.11 Å². The van der Waals surface area contributed by atoms with Crippen LogP contribution in [0, 0.1) is 6.92 Å². The zero-order valence-corrected chi connectivity index (χ0v) is 21.3. The van der Waals surface area contributed by atoms with E-state index in [1.54, 1.807) is 60.7 Å². The minimum atomic E-state index is -0.470. The number of ether oxygens (including phenoxy) is 2. The summed E-state index contributed by atoms with van der Waals surface area (Å²) in [6, 6.07) is 20.2. The van der Waals surface area contributed by atoms with Gasteiger partial charge in [-0.25, -0.2) is 0 Å². The third kappa shape index (κ3) is 8.41. The number of rotatable bonds is 9. The highest BCUT2D eigenvalue weighted by Gasteiger charge is 2.12. The largest absolute Gasteiger partial charge is 0.491 e. The fraction of sp³-hybridized carbons (Fsp3) is 0.185. The zero-order chi connectivity index (χ0) is 26.6. The lowest BCUT2D eigenvalue weighted by molar-refractivity contribution is 0.0934. The van der Waals surface area contributed by atoms with Crippen LogP contribution in [0.25, 0.3) is 0 Å². The number of anilines is 1. The average Bonchev–Trinajstić information content (AvgIpc) is 2.90. The molecule has 37 heavy (non-hydrogen) atoms. The standard InChI is InChI=1S/C27H28N4O5S/c1-3-35-16-17-36-22-14-10-19(11-15-22)24(32)29-27(37)31-30-25(33)20-8-12-21(13-9-20)28-26(34)23-7-5-4-6-18(23)2/h4-15H,3,16-17H2,1-2H3,(H,28,34)(H,30,33)(H2,29,31,32,37). The fourth-order valence-corrected chi connectivity index (χ4v) is 3.33. The molecule has 0 bridgehead atoms. The summed E-state index contributed by atoms with van der Waals surface area (Å²) >= 11 is 5.09. The van der Waals surface area contributed by atoms with Gasteiger partial charge in [0.1, 0.15) is 12.4 Å². The summed E-state index contributed by atoms with van der Waals surface area (Å²) in [6.07, 6.45) is 0. The highest BCUT2D eigenvalue weighted by atomic mass is 32.1. The van der Waals surface area contributed by atoms with Crippen LogP contribution in [0.15, 0.2) is 72.8 Å². The lowest BCUT2D eigenvalue weighted by Crippen LogP contribution is -2.48. The summed E-state index contributed by atoms with van der Waals surface area (Å²) in [7, 11) is 0. The van der Waals surface area contributed by atoms with Gasteiger partial charge in [-0.1, -0.05) is 18.2 Å². The van der Waals surface area contributed by atoms with Crippen LogP contribution < -0.4 is 26.2 Å². The van der Waals surface area contributed by atoms with E-state index in [2.05, 4.69) is 21.5 Å². The van der Waals surface area contributed by atoms with Gasteiger partial charge < -0.3 is 14.8 Å². The van der Waals surface area contributed by atoms with Crippen molar-refractivity contribution in [3.05, 3.63) is 95.1 Å². The van der Waals surface area contributed by atoms with Crippen LogP contribution in [-0.2, 0) is 4.74 Å². The number of benzene rings is 3. The third-order valence-electron chi connectivity index (χ3n) is 5.13. The Hall–Kier alpha value is -4.28. The molecule has 0 radical (unpaired) electrons. The van der Waals surface area contributed by atoms with Gasteiger partial charge in [-0.3, -0.25) is 30.6 Å². The average molecular weight is 521 g/mol. The van der Waals surface area contributed by atoms with Crippen LogP contribution >= 0.6 is 12.2 Å². The number of hydrogen-bond acceptors (Lipinski definition) is 6. The van der Waals surface area contributed by atoms with Crippen molar-refractivity contribution in [2.24, 2.45) is 0 Å². The van der Waals surface area contributed by atoms with E-state index in [0.717, 1.165) is 5.56 Å². The van der Waals surface area contributed by atoms with Gasteiger partial charge in [0.25, 0.3) is 17.7 Å². The Morgan fingerprint density at radius 3 is 2.11 bits per heavy atom. The van der Waals surface area contributed by atoms with E-state index in [-0.39, 0.29) is 11.0 Å². The first-order valence-electron chi connectivity index (χ1n) is 11.6. The predicted octanol–water partition coefficient (Wildman–Crippen LogP) is 3.61. The molecule has 0 aliphatic carbocycles. The third-order valence-corrected chi connectivity index (χ3v) is 5.33. The van der Waals surface area contributed by atoms with Gasteiger partial charge in [-0.15, -0.1) is 0 Å². The first-order valence-corrected chi connectivity index (χ1v) is 12.0. The number of thiocarbonyl (C=S) groups is 1. The molecular weight excluding hydrogens is 492 g/mol. The predicted molar refractivity (Wildman–Crippen MR) is 145 cm³/mol. The molecule has 10 heteroatoms. The smallest absolute Gasteiger partial charge is 0.269 e. The summed E-state index contributed by atoms with van der Waals surface area (Å²) in [5.41, 5.74) is 7.61. The summed E-state index contributed by atoms with van der Waals surface area (Å²) in [6.45, 7) is 5.29. The number of carbonyl (C=O) groups is 3. The molecule has 4 N–H and O–H groups in total. The van der Waals surface area contributed by atoms with Crippen LogP contribution in [-0.4, -0.2) is 42.7 Å². The molecule has 0 unspecified atom stereocenters. The van der Waals surface area contributed by atoms with E-state index in [0.29, 0.717) is 47.9 Å². The monoisotopic (exact) mass is 520 g/mol. The fourth-order valence-electron chi connectivity index (χ4n) is 3.19. The highest BCUT2D eigenvalue weighted by molar-refractivity contribution is 7.80. The molecule has 0 saturated heterocycles. The first-order chi connectivity index (χ1) is 17.9. The Labute approximate surface area is 220 Å². The lowest BCUT2D eigenvalue weighted by Gasteiger charge is -2.12. The maximum atomic E-state index is 12.4. The molecule has 3 aromatic carbocycles. The molecule has 0 spiro atoms. The normalized spacial score (nSPS) is 10.2. The Morgan fingerprint density at radius 2 is 1.43 bits per heavy atom. The van der Waals surface area contributed by atoms with Crippen molar-refractivity contribution in [1.29, 1.82) is 0 Å². The Morgan fingerprint density at radius 1 is 0.784 bits per heavy atom. The van der Waals surface area contributed by atoms with E-state index < -0.39 is 11.8 Å². The van der Waals surface area contributed by atoms with Gasteiger partial charge in [0, 0.05) is 29.0 Å². The summed E-state index contributed by atoms with van der Waals surface area (Å²) in [4.78, 5) is 37.2. The SMILES string of the molecule is CCOCCOc1ccc(C(=O)NC(=S)NNC(=O)c2ccc(NC(=O)c3ccccc3C)cc2)cc1. The summed E-state index contributed by atoms with van der Waals surface area (Å²) in [5.74, 6) is -0.532. The maximum Gasteiger partial charge on any atom is 0.269 e. The number of aryl methyl sites for hydroxylation is 1. The van der Waals surface area contributed by atoms with Gasteiger partial charge in [-0.05, 0) is 86.2 Å². The van der Waals surface area contributed by atoms with Gasteiger partial charge in [-0.2, -0.15) is 0 Å². The molecule has 0 saturated carbocycles. The molecule has 3 amide bonds. The lowest BCUT2D eigenvalue weighted by atomic mass is 10.1. The van der Waals surface area contributed by atoms with Gasteiger partial charge >= 0.3 is 0 Å². The van der Waals surface area contributed by atoms with E-state index in [1.807, 2.05) is 26.0 Å². The van der Waals surface area contributed by atoms with E-state index in [4.69, 9.17) is 21.7 Å². The minimum Gasteiger partial charge on any atom is -0.491 e. The van der Waals surface area contributed by atoms with Crippen LogP contribution in [0.5, 0.6) is 5.75 Å². The molecular formula is C27H28N4O5S. The molecule has 3 aromatic rings. The Balaban J connectivity index is 1.44. The van der Waals surface area contributed by atoms with Crippen molar-refractivity contribution in [2.45, 2.75) is 13.8 Å². The van der Waals surface area contributed by atoms with Crippen LogP contribution in [0.4, 0.5) is 5.69 Å². The molecule has 3 rings (SSSR count). The Kier molecular flexibility index (Phi) is 10.1. The zero-order valence-electron chi connectivity index (χ0n) is 20.5. The number of nitrogens with one attached hydrogen (secondary N) is 4. The second-order valence-electron chi connectivity index (χ2n) is 7.78. The minimum absolute atomic E-state index is 0.0718. The van der Waals surface area contributed by atoms with Crippen molar-refractivity contribution in [1.82, 2.24) is 16.2 Å². The van der Waals surface area contributed by atoms with E-state index in [9.17, 15) is 14.4 Å². The highest BCUT2D eigenvalue weighted by Crippen LogP contribution is 2.14. The van der Waals surface area contributed by atoms with Crippen molar-refractivity contribution in [3.63, 3.8) is 0 Å². The van der Waals surface area contributed by atoms with Crippen molar-refractivity contribution in [2.75, 3.05) is 25.1 Å². The Bertz CT molecular complexity index is 1250. The molecule has 0 heterocycles. The number of hydrazine groups is 1. The van der Waals surface area contributed by atoms with Crippen LogP contribution in [0.1, 0.15) is 43.6 Å². The van der Waals surface area contributed by atoms with E-state index in [1.165, 1.54) is 0 Å².